The molecule has 0 aromatic heterocycles. The minimum absolute atomic E-state index is 0.0151. The maximum atomic E-state index is 11.8. The second-order valence-corrected chi connectivity index (χ2v) is 3.96. The lowest BCUT2D eigenvalue weighted by Gasteiger charge is -2.07. The molecule has 3 N–H and O–H groups in total. The molecule has 1 aromatic carbocycles. The quantitative estimate of drug-likeness (QED) is 0.669. The number of aromatic hydroxyl groups is 1. The summed E-state index contributed by atoms with van der Waals surface area (Å²) in [5, 5.41) is 20.6. The van der Waals surface area contributed by atoms with E-state index < -0.39 is 5.97 Å². The highest BCUT2D eigenvalue weighted by molar-refractivity contribution is 5.97. The molecule has 0 aliphatic rings. The van der Waals surface area contributed by atoms with Crippen LogP contribution in [-0.2, 0) is 11.2 Å². The average Bonchev–Trinajstić information content (AvgIpc) is 2.34. The summed E-state index contributed by atoms with van der Waals surface area (Å²) in [6, 6.07) is 4.89. The largest absolute Gasteiger partial charge is 0.507 e. The number of aliphatic carboxylic acids is 1. The molecule has 0 atom stereocenters. The number of hydrogen-bond acceptors (Lipinski definition) is 3. The van der Waals surface area contributed by atoms with Gasteiger partial charge >= 0.3 is 5.97 Å². The molecule has 1 aromatic rings. The summed E-state index contributed by atoms with van der Waals surface area (Å²) >= 11 is 0. The number of benzene rings is 1. The fourth-order valence-electron chi connectivity index (χ4n) is 1.52. The predicted molar refractivity (Wildman–Crippen MR) is 66.7 cm³/mol. The Morgan fingerprint density at radius 2 is 2.06 bits per heavy atom. The Morgan fingerprint density at radius 3 is 2.67 bits per heavy atom. The number of carbonyl (C=O) groups is 2. The van der Waals surface area contributed by atoms with E-state index in [1.807, 2.05) is 6.92 Å². The van der Waals surface area contributed by atoms with Gasteiger partial charge in [0.05, 0.1) is 5.56 Å². The fourth-order valence-corrected chi connectivity index (χ4v) is 1.52. The van der Waals surface area contributed by atoms with Gasteiger partial charge in [-0.25, -0.2) is 0 Å². The first-order valence-electron chi connectivity index (χ1n) is 5.86. The molecule has 98 valence electrons. The molecule has 0 fully saturated rings. The van der Waals surface area contributed by atoms with Crippen LogP contribution >= 0.6 is 0 Å². The van der Waals surface area contributed by atoms with Crippen LogP contribution in [0, 0.1) is 0 Å². The Morgan fingerprint density at radius 1 is 1.33 bits per heavy atom. The third-order valence-electron chi connectivity index (χ3n) is 2.57. The molecule has 0 spiro atoms. The second-order valence-electron chi connectivity index (χ2n) is 3.96. The minimum atomic E-state index is -0.889. The maximum absolute atomic E-state index is 11.8. The van der Waals surface area contributed by atoms with Gasteiger partial charge in [-0.15, -0.1) is 0 Å². The summed E-state index contributed by atoms with van der Waals surface area (Å²) in [6.07, 6.45) is 1.16. The molecule has 0 aliphatic carbocycles. The van der Waals surface area contributed by atoms with Crippen molar-refractivity contribution >= 4 is 11.9 Å². The van der Waals surface area contributed by atoms with E-state index in [1.165, 1.54) is 6.07 Å². The number of hydrogen-bond donors (Lipinski definition) is 3. The number of phenolic OH excluding ortho intramolecular Hbond substituents is 1. The van der Waals surface area contributed by atoms with Gasteiger partial charge < -0.3 is 15.5 Å². The maximum Gasteiger partial charge on any atom is 0.303 e. The molecule has 0 radical (unpaired) electrons. The Balaban J connectivity index is 2.58. The van der Waals surface area contributed by atoms with Crippen LogP contribution < -0.4 is 5.32 Å². The standard InChI is InChI=1S/C13H17NO4/c1-2-9-5-6-11(15)10(8-9)13(18)14-7-3-4-12(16)17/h5-6,8,15H,2-4,7H2,1H3,(H,14,18)(H,16,17). The van der Waals surface area contributed by atoms with Crippen LogP contribution in [0.25, 0.3) is 0 Å². The van der Waals surface area contributed by atoms with Gasteiger partial charge in [0.15, 0.2) is 0 Å². The Hall–Kier alpha value is -2.04. The van der Waals surface area contributed by atoms with Gasteiger partial charge in [-0.05, 0) is 30.5 Å². The van der Waals surface area contributed by atoms with Crippen LogP contribution in [0.2, 0.25) is 0 Å². The topological polar surface area (TPSA) is 86.6 Å². The molecule has 0 bridgehead atoms. The van der Waals surface area contributed by atoms with E-state index in [1.54, 1.807) is 12.1 Å². The number of aryl methyl sites for hydroxylation is 1. The number of phenols is 1. The molecule has 0 heterocycles. The SMILES string of the molecule is CCc1ccc(O)c(C(=O)NCCCC(=O)O)c1. The summed E-state index contributed by atoms with van der Waals surface area (Å²) in [4.78, 5) is 22.1. The number of nitrogens with one attached hydrogen (secondary N) is 1. The van der Waals surface area contributed by atoms with E-state index in [0.29, 0.717) is 6.42 Å². The van der Waals surface area contributed by atoms with E-state index >= 15 is 0 Å². The van der Waals surface area contributed by atoms with Crippen molar-refractivity contribution in [1.82, 2.24) is 5.32 Å². The van der Waals surface area contributed by atoms with Gasteiger partial charge in [-0.1, -0.05) is 13.0 Å². The minimum Gasteiger partial charge on any atom is -0.507 e. The van der Waals surface area contributed by atoms with Crippen LogP contribution in [0.5, 0.6) is 5.75 Å². The summed E-state index contributed by atoms with van der Waals surface area (Å²) in [7, 11) is 0. The molecule has 1 amide bonds. The van der Waals surface area contributed by atoms with Gasteiger partial charge in [-0.2, -0.15) is 0 Å². The number of amides is 1. The van der Waals surface area contributed by atoms with Gasteiger partial charge in [0.25, 0.3) is 5.91 Å². The first-order valence-corrected chi connectivity index (χ1v) is 5.86. The van der Waals surface area contributed by atoms with Gasteiger partial charge in [-0.3, -0.25) is 9.59 Å². The zero-order chi connectivity index (χ0) is 13.5. The van der Waals surface area contributed by atoms with E-state index in [0.717, 1.165) is 12.0 Å². The summed E-state index contributed by atoms with van der Waals surface area (Å²) in [6.45, 7) is 2.24. The summed E-state index contributed by atoms with van der Waals surface area (Å²) < 4.78 is 0. The highest BCUT2D eigenvalue weighted by Crippen LogP contribution is 2.18. The Bertz CT molecular complexity index is 443. The highest BCUT2D eigenvalue weighted by Gasteiger charge is 2.11. The van der Waals surface area contributed by atoms with Crippen molar-refractivity contribution in [3.8, 4) is 5.75 Å². The van der Waals surface area contributed by atoms with Crippen molar-refractivity contribution in [3.05, 3.63) is 29.3 Å². The van der Waals surface area contributed by atoms with Crippen LogP contribution in [-0.4, -0.2) is 28.6 Å². The lowest BCUT2D eigenvalue weighted by atomic mass is 10.1. The molecule has 18 heavy (non-hydrogen) atoms. The van der Waals surface area contributed by atoms with Crippen molar-refractivity contribution in [2.24, 2.45) is 0 Å². The third-order valence-corrected chi connectivity index (χ3v) is 2.57. The number of carboxylic acids is 1. The molecule has 0 saturated carbocycles. The zero-order valence-electron chi connectivity index (χ0n) is 10.3. The van der Waals surface area contributed by atoms with Gasteiger partial charge in [0.2, 0.25) is 0 Å². The Labute approximate surface area is 105 Å². The fraction of sp³-hybridized carbons (Fsp3) is 0.385. The van der Waals surface area contributed by atoms with Crippen LogP contribution in [0.3, 0.4) is 0 Å². The van der Waals surface area contributed by atoms with Crippen LogP contribution in [0.1, 0.15) is 35.7 Å². The third kappa shape index (κ3) is 4.08. The normalized spacial score (nSPS) is 10.1. The highest BCUT2D eigenvalue weighted by atomic mass is 16.4. The second kappa shape index (κ2) is 6.64. The lowest BCUT2D eigenvalue weighted by molar-refractivity contribution is -0.137. The van der Waals surface area contributed by atoms with Gasteiger partial charge in [0, 0.05) is 13.0 Å². The number of carboxylic acid groups (broad SMARTS) is 1. The van der Waals surface area contributed by atoms with Crippen LogP contribution in [0.15, 0.2) is 18.2 Å². The predicted octanol–water partition coefficient (Wildman–Crippen LogP) is 1.55. The van der Waals surface area contributed by atoms with E-state index in [9.17, 15) is 14.7 Å². The smallest absolute Gasteiger partial charge is 0.303 e. The van der Waals surface area contributed by atoms with Crippen molar-refractivity contribution in [2.75, 3.05) is 6.54 Å². The summed E-state index contributed by atoms with van der Waals surface area (Å²) in [5.41, 5.74) is 1.19. The first kappa shape index (κ1) is 14.0. The molecular formula is C13H17NO4. The van der Waals surface area contributed by atoms with Crippen molar-refractivity contribution in [3.63, 3.8) is 0 Å². The molecule has 0 aliphatic heterocycles. The van der Waals surface area contributed by atoms with E-state index in [4.69, 9.17) is 5.11 Å². The van der Waals surface area contributed by atoms with Gasteiger partial charge in [0.1, 0.15) is 5.75 Å². The molecule has 0 unspecified atom stereocenters. The molecular weight excluding hydrogens is 234 g/mol. The first-order chi connectivity index (χ1) is 8.54. The summed E-state index contributed by atoms with van der Waals surface area (Å²) in [5.74, 6) is -1.34. The Kier molecular flexibility index (Phi) is 5.17. The van der Waals surface area contributed by atoms with Crippen LogP contribution in [0.4, 0.5) is 0 Å². The number of carbonyl (C=O) groups excluding carboxylic acids is 1. The molecule has 5 heteroatoms. The van der Waals surface area contributed by atoms with Crippen molar-refractivity contribution < 1.29 is 19.8 Å². The molecule has 5 nitrogen and oxygen atoms in total. The monoisotopic (exact) mass is 251 g/mol. The van der Waals surface area contributed by atoms with Crippen molar-refractivity contribution in [1.29, 1.82) is 0 Å². The lowest BCUT2D eigenvalue weighted by Crippen LogP contribution is -2.25. The zero-order valence-corrected chi connectivity index (χ0v) is 10.3. The van der Waals surface area contributed by atoms with Crippen molar-refractivity contribution in [2.45, 2.75) is 26.2 Å². The molecule has 0 saturated heterocycles. The average molecular weight is 251 g/mol. The molecule has 1 rings (SSSR count). The van der Waals surface area contributed by atoms with E-state index in [-0.39, 0.29) is 30.2 Å². The van der Waals surface area contributed by atoms with E-state index in [2.05, 4.69) is 5.32 Å². The number of rotatable bonds is 6.